The van der Waals surface area contributed by atoms with Crippen LogP contribution in [0.5, 0.6) is 0 Å². The van der Waals surface area contributed by atoms with Gasteiger partial charge in [0, 0.05) is 25.5 Å². The summed E-state index contributed by atoms with van der Waals surface area (Å²) in [6.07, 6.45) is 8.03. The van der Waals surface area contributed by atoms with Crippen LogP contribution in [0.1, 0.15) is 11.1 Å². The number of hydrogen-bond acceptors (Lipinski definition) is 2. The largest absolute Gasteiger partial charge is 0.355 e. The van der Waals surface area contributed by atoms with Crippen molar-refractivity contribution in [3.8, 4) is 0 Å². The molecule has 88 valence electrons. The molecule has 2 nitrogen and oxygen atoms in total. The van der Waals surface area contributed by atoms with Gasteiger partial charge in [-0.3, -0.25) is 0 Å². The van der Waals surface area contributed by atoms with Crippen LogP contribution in [0.4, 0.5) is 0 Å². The summed E-state index contributed by atoms with van der Waals surface area (Å²) in [5, 5.41) is 0. The summed E-state index contributed by atoms with van der Waals surface area (Å²) in [6, 6.07) is 8.51. The molecule has 1 aliphatic heterocycles. The molecule has 0 spiro atoms. The maximum absolute atomic E-state index is 3.76. The summed E-state index contributed by atoms with van der Waals surface area (Å²) in [6.45, 7) is 10.3. The second-order valence-electron chi connectivity index (χ2n) is 4.19. The van der Waals surface area contributed by atoms with Crippen LogP contribution in [0.2, 0.25) is 0 Å². The van der Waals surface area contributed by atoms with Crippen molar-refractivity contribution in [2.45, 2.75) is 6.54 Å². The van der Waals surface area contributed by atoms with Crippen LogP contribution in [-0.2, 0) is 6.54 Å². The van der Waals surface area contributed by atoms with E-state index in [0.717, 1.165) is 19.8 Å². The van der Waals surface area contributed by atoms with Gasteiger partial charge in [-0.05, 0) is 11.1 Å². The first-order valence-corrected chi connectivity index (χ1v) is 5.80. The van der Waals surface area contributed by atoms with Crippen LogP contribution >= 0.6 is 0 Å². The van der Waals surface area contributed by atoms with Gasteiger partial charge >= 0.3 is 0 Å². The van der Waals surface area contributed by atoms with Crippen LogP contribution in [0.15, 0.2) is 55.9 Å². The SMILES string of the molecule is C=CCN1C=CN(Cc2ccc(C=C)cc2)C1. The van der Waals surface area contributed by atoms with E-state index in [1.807, 2.05) is 12.2 Å². The van der Waals surface area contributed by atoms with Crippen LogP contribution in [0.3, 0.4) is 0 Å². The number of nitrogens with zero attached hydrogens (tertiary/aromatic N) is 2. The Labute approximate surface area is 103 Å². The van der Waals surface area contributed by atoms with E-state index >= 15 is 0 Å². The molecular formula is C15H18N2. The van der Waals surface area contributed by atoms with Crippen molar-refractivity contribution in [2.75, 3.05) is 13.2 Å². The van der Waals surface area contributed by atoms with Gasteiger partial charge in [-0.2, -0.15) is 0 Å². The fraction of sp³-hybridized carbons (Fsp3) is 0.200. The normalized spacial score (nSPS) is 14.1. The maximum atomic E-state index is 3.76. The summed E-state index contributed by atoms with van der Waals surface area (Å²) in [5.41, 5.74) is 2.49. The Hall–Kier alpha value is -1.96. The second kappa shape index (κ2) is 5.39. The minimum Gasteiger partial charge on any atom is -0.355 e. The summed E-state index contributed by atoms with van der Waals surface area (Å²) < 4.78 is 0. The first kappa shape index (κ1) is 11.5. The molecule has 17 heavy (non-hydrogen) atoms. The number of hydrogen-bond donors (Lipinski definition) is 0. The molecule has 0 saturated heterocycles. The van der Waals surface area contributed by atoms with Gasteiger partial charge in [0.2, 0.25) is 0 Å². The Bertz CT molecular complexity index is 417. The molecule has 2 rings (SSSR count). The van der Waals surface area contributed by atoms with Gasteiger partial charge in [-0.15, -0.1) is 6.58 Å². The molecule has 2 heteroatoms. The van der Waals surface area contributed by atoms with E-state index in [-0.39, 0.29) is 0 Å². The Balaban J connectivity index is 1.91. The lowest BCUT2D eigenvalue weighted by atomic mass is 10.1. The zero-order chi connectivity index (χ0) is 12.1. The minimum atomic E-state index is 0.905. The van der Waals surface area contributed by atoms with Gasteiger partial charge in [-0.25, -0.2) is 0 Å². The molecule has 0 amide bonds. The molecule has 0 fully saturated rings. The van der Waals surface area contributed by atoms with Crippen molar-refractivity contribution in [1.82, 2.24) is 9.80 Å². The van der Waals surface area contributed by atoms with E-state index in [9.17, 15) is 0 Å². The van der Waals surface area contributed by atoms with Crippen molar-refractivity contribution < 1.29 is 0 Å². The van der Waals surface area contributed by atoms with Gasteiger partial charge in [-0.1, -0.05) is 43.0 Å². The zero-order valence-electron chi connectivity index (χ0n) is 10.0. The highest BCUT2D eigenvalue weighted by Gasteiger charge is 2.10. The smallest absolute Gasteiger partial charge is 0.0900 e. The van der Waals surface area contributed by atoms with E-state index in [1.165, 1.54) is 11.1 Å². The van der Waals surface area contributed by atoms with E-state index < -0.39 is 0 Å². The summed E-state index contributed by atoms with van der Waals surface area (Å²) >= 11 is 0. The first-order chi connectivity index (χ1) is 8.31. The molecule has 1 aliphatic rings. The van der Waals surface area contributed by atoms with Crippen LogP contribution in [-0.4, -0.2) is 23.0 Å². The standard InChI is InChI=1S/C15H18N2/c1-3-9-16-10-11-17(13-16)12-15-7-5-14(4-2)6-8-15/h3-8,10-11H,1-2,9,12-13H2. The lowest BCUT2D eigenvalue weighted by molar-refractivity contribution is 0.275. The van der Waals surface area contributed by atoms with Crippen molar-refractivity contribution in [3.05, 3.63) is 67.0 Å². The first-order valence-electron chi connectivity index (χ1n) is 5.80. The molecule has 1 aromatic rings. The summed E-state index contributed by atoms with van der Waals surface area (Å²) in [7, 11) is 0. The molecule has 0 saturated carbocycles. The fourth-order valence-electron chi connectivity index (χ4n) is 1.90. The Morgan fingerprint density at radius 2 is 1.76 bits per heavy atom. The number of benzene rings is 1. The predicted octanol–water partition coefficient (Wildman–Crippen LogP) is 3.06. The number of rotatable bonds is 5. The molecule has 1 aromatic carbocycles. The fourth-order valence-corrected chi connectivity index (χ4v) is 1.90. The van der Waals surface area contributed by atoms with Crippen LogP contribution < -0.4 is 0 Å². The van der Waals surface area contributed by atoms with Gasteiger partial charge in [0.25, 0.3) is 0 Å². The van der Waals surface area contributed by atoms with E-state index in [0.29, 0.717) is 0 Å². The Morgan fingerprint density at radius 3 is 2.41 bits per heavy atom. The highest BCUT2D eigenvalue weighted by Crippen LogP contribution is 2.13. The van der Waals surface area contributed by atoms with Gasteiger partial charge in [0.1, 0.15) is 0 Å². The quantitative estimate of drug-likeness (QED) is 0.712. The third-order valence-corrected chi connectivity index (χ3v) is 2.82. The van der Waals surface area contributed by atoms with Crippen molar-refractivity contribution >= 4 is 6.08 Å². The highest BCUT2D eigenvalue weighted by molar-refractivity contribution is 5.47. The van der Waals surface area contributed by atoms with Crippen LogP contribution in [0.25, 0.3) is 6.08 Å². The lowest BCUT2D eigenvalue weighted by Crippen LogP contribution is -2.24. The van der Waals surface area contributed by atoms with E-state index in [1.54, 1.807) is 0 Å². The van der Waals surface area contributed by atoms with Gasteiger partial charge < -0.3 is 9.80 Å². The van der Waals surface area contributed by atoms with E-state index in [2.05, 4.69) is 59.6 Å². The third kappa shape index (κ3) is 3.00. The molecule has 0 bridgehead atoms. The molecule has 0 unspecified atom stereocenters. The molecule has 0 aliphatic carbocycles. The van der Waals surface area contributed by atoms with Gasteiger partial charge in [0.15, 0.2) is 0 Å². The average molecular weight is 226 g/mol. The van der Waals surface area contributed by atoms with Crippen molar-refractivity contribution in [3.63, 3.8) is 0 Å². The highest BCUT2D eigenvalue weighted by atomic mass is 15.3. The molecule has 1 heterocycles. The lowest BCUT2D eigenvalue weighted by Gasteiger charge is -2.20. The topological polar surface area (TPSA) is 6.48 Å². The van der Waals surface area contributed by atoms with E-state index in [4.69, 9.17) is 0 Å². The Kier molecular flexibility index (Phi) is 3.66. The Morgan fingerprint density at radius 1 is 1.06 bits per heavy atom. The second-order valence-corrected chi connectivity index (χ2v) is 4.19. The maximum Gasteiger partial charge on any atom is 0.0900 e. The summed E-state index contributed by atoms with van der Waals surface area (Å²) in [4.78, 5) is 4.51. The van der Waals surface area contributed by atoms with Crippen molar-refractivity contribution in [1.29, 1.82) is 0 Å². The zero-order valence-corrected chi connectivity index (χ0v) is 10.0. The average Bonchev–Trinajstić information content (AvgIpc) is 2.78. The molecular weight excluding hydrogens is 208 g/mol. The molecule has 0 aromatic heterocycles. The van der Waals surface area contributed by atoms with Gasteiger partial charge in [0.05, 0.1) is 6.67 Å². The third-order valence-electron chi connectivity index (χ3n) is 2.82. The minimum absolute atomic E-state index is 0.905. The van der Waals surface area contributed by atoms with Crippen molar-refractivity contribution in [2.24, 2.45) is 0 Å². The molecule has 0 N–H and O–H groups in total. The van der Waals surface area contributed by atoms with Crippen LogP contribution in [0, 0.1) is 0 Å². The predicted molar refractivity (Wildman–Crippen MR) is 73.0 cm³/mol. The molecule has 0 atom stereocenters. The summed E-state index contributed by atoms with van der Waals surface area (Å²) in [5.74, 6) is 0. The molecule has 0 radical (unpaired) electrons. The monoisotopic (exact) mass is 226 g/mol.